The number of aliphatic hydroxyl groups is 1. The van der Waals surface area contributed by atoms with Gasteiger partial charge in [0.15, 0.2) is 5.60 Å². The van der Waals surface area contributed by atoms with Gasteiger partial charge in [0.05, 0.1) is 20.0 Å². The van der Waals surface area contributed by atoms with Crippen molar-refractivity contribution in [3.63, 3.8) is 0 Å². The van der Waals surface area contributed by atoms with Crippen LogP contribution in [0.15, 0.2) is 24.3 Å². The van der Waals surface area contributed by atoms with Crippen LogP contribution in [0.3, 0.4) is 0 Å². The van der Waals surface area contributed by atoms with Crippen LogP contribution in [0.4, 0.5) is 5.69 Å². The predicted octanol–water partition coefficient (Wildman–Crippen LogP) is -0.268. The molecule has 7 N–H and O–H groups in total. The Hall–Kier alpha value is -2.85. The van der Waals surface area contributed by atoms with Gasteiger partial charge in [0.2, 0.25) is 0 Å². The largest absolute Gasteiger partial charge is 0.497 e. The highest BCUT2D eigenvalue weighted by Gasteiger charge is 2.40. The first-order valence-corrected chi connectivity index (χ1v) is 6.14. The van der Waals surface area contributed by atoms with Crippen molar-refractivity contribution in [2.75, 3.05) is 12.5 Å². The summed E-state index contributed by atoms with van der Waals surface area (Å²) in [5, 5.41) is 33.8. The van der Waals surface area contributed by atoms with E-state index in [9.17, 15) is 14.4 Å². The number of ether oxygens (including phenoxy) is 1. The molecule has 0 heterocycles. The topological polar surface area (TPSA) is 179 Å². The highest BCUT2D eigenvalue weighted by atomic mass is 16.5. The van der Waals surface area contributed by atoms with Gasteiger partial charge in [0, 0.05) is 5.69 Å². The molecule has 1 rings (SSSR count). The van der Waals surface area contributed by atoms with Crippen LogP contribution in [0.25, 0.3) is 0 Å². The molecule has 0 aliphatic carbocycles. The molecule has 10 nitrogen and oxygen atoms in total. The highest BCUT2D eigenvalue weighted by molar-refractivity contribution is 5.88. The highest BCUT2D eigenvalue weighted by Crippen LogP contribution is 2.15. The monoisotopic (exact) mass is 330 g/mol. The summed E-state index contributed by atoms with van der Waals surface area (Å²) in [6, 6.07) is 7.38. The van der Waals surface area contributed by atoms with E-state index in [2.05, 4.69) is 5.43 Å². The third kappa shape index (κ3) is 7.64. The number of methoxy groups -OCH3 is 1. The summed E-state index contributed by atoms with van der Waals surface area (Å²) in [5.41, 5.74) is 0.660. The molecular formula is C13H18N2O8. The fourth-order valence-electron chi connectivity index (χ4n) is 1.40. The summed E-state index contributed by atoms with van der Waals surface area (Å²) in [6.45, 7) is 0. The molecule has 0 spiro atoms. The van der Waals surface area contributed by atoms with E-state index in [1.165, 1.54) is 0 Å². The summed E-state index contributed by atoms with van der Waals surface area (Å²) < 4.78 is 4.95. The minimum absolute atomic E-state index is 0.832. The van der Waals surface area contributed by atoms with Crippen LogP contribution >= 0.6 is 0 Å². The average molecular weight is 330 g/mol. The average Bonchev–Trinajstić information content (AvgIpc) is 2.46. The third-order valence-electron chi connectivity index (χ3n) is 2.54. The summed E-state index contributed by atoms with van der Waals surface area (Å²) >= 11 is 0. The van der Waals surface area contributed by atoms with Crippen molar-refractivity contribution < 1.29 is 39.5 Å². The number of benzene rings is 1. The van der Waals surface area contributed by atoms with Gasteiger partial charge in [-0.05, 0) is 24.3 Å². The number of carboxylic acid groups (broad SMARTS) is 3. The van der Waals surface area contributed by atoms with Gasteiger partial charge < -0.3 is 30.6 Å². The number of nitrogens with one attached hydrogen (secondary N) is 1. The number of carbonyl (C=O) groups is 3. The van der Waals surface area contributed by atoms with Gasteiger partial charge in [-0.1, -0.05) is 0 Å². The summed E-state index contributed by atoms with van der Waals surface area (Å²) in [7, 11) is 1.63. The Bertz CT molecular complexity index is 504. The number of hydrogen-bond acceptors (Lipinski definition) is 7. The van der Waals surface area contributed by atoms with Crippen LogP contribution in [-0.2, 0) is 14.4 Å². The minimum atomic E-state index is -2.74. The van der Waals surface area contributed by atoms with Gasteiger partial charge in [-0.25, -0.2) is 4.79 Å². The lowest BCUT2D eigenvalue weighted by Gasteiger charge is -2.18. The number of hydrogen-bond donors (Lipinski definition) is 6. The maximum atomic E-state index is 10.3. The van der Waals surface area contributed by atoms with E-state index < -0.39 is 36.4 Å². The molecule has 0 radical (unpaired) electrons. The second kappa shape index (κ2) is 9.23. The molecule has 0 atom stereocenters. The number of hydrazine groups is 1. The molecule has 0 aliphatic heterocycles. The Morgan fingerprint density at radius 1 is 1.09 bits per heavy atom. The third-order valence-corrected chi connectivity index (χ3v) is 2.54. The van der Waals surface area contributed by atoms with Gasteiger partial charge in [-0.2, -0.15) is 0 Å². The number of nitrogen functional groups attached to an aromatic ring is 1. The van der Waals surface area contributed by atoms with Gasteiger partial charge in [0.25, 0.3) is 0 Å². The van der Waals surface area contributed by atoms with Gasteiger partial charge in [-0.3, -0.25) is 15.4 Å². The Morgan fingerprint density at radius 2 is 1.52 bits per heavy atom. The van der Waals surface area contributed by atoms with E-state index >= 15 is 0 Å². The van der Waals surface area contributed by atoms with Crippen LogP contribution in [0.2, 0.25) is 0 Å². The fourth-order valence-corrected chi connectivity index (χ4v) is 1.40. The molecule has 23 heavy (non-hydrogen) atoms. The normalized spacial score (nSPS) is 10.0. The zero-order valence-corrected chi connectivity index (χ0v) is 12.2. The van der Waals surface area contributed by atoms with Crippen molar-refractivity contribution in [3.8, 4) is 5.75 Å². The number of nitrogens with two attached hydrogens (primary N) is 1. The zero-order chi connectivity index (χ0) is 18.0. The van der Waals surface area contributed by atoms with Crippen molar-refractivity contribution in [1.82, 2.24) is 0 Å². The zero-order valence-electron chi connectivity index (χ0n) is 12.2. The Kier molecular flexibility index (Phi) is 8.08. The SMILES string of the molecule is COc1ccc(NN)cc1.O=C(O)CC(O)(CC(=O)O)C(=O)O. The smallest absolute Gasteiger partial charge is 0.336 e. The fraction of sp³-hybridized carbons (Fsp3) is 0.308. The van der Waals surface area contributed by atoms with Crippen molar-refractivity contribution in [2.45, 2.75) is 18.4 Å². The predicted molar refractivity (Wildman–Crippen MR) is 77.9 cm³/mol. The first-order valence-electron chi connectivity index (χ1n) is 6.14. The van der Waals surface area contributed by atoms with Crippen molar-refractivity contribution in [1.29, 1.82) is 0 Å². The lowest BCUT2D eigenvalue weighted by atomic mass is 9.96. The number of anilines is 1. The van der Waals surface area contributed by atoms with E-state index in [1.807, 2.05) is 24.3 Å². The second-order valence-electron chi connectivity index (χ2n) is 4.35. The molecule has 1 aromatic carbocycles. The number of carboxylic acids is 3. The van der Waals surface area contributed by atoms with E-state index in [0.717, 1.165) is 11.4 Å². The van der Waals surface area contributed by atoms with Crippen molar-refractivity contribution in [3.05, 3.63) is 24.3 Å². The van der Waals surface area contributed by atoms with Crippen LogP contribution < -0.4 is 16.0 Å². The van der Waals surface area contributed by atoms with E-state index in [-0.39, 0.29) is 0 Å². The standard InChI is InChI=1S/C7H10N2O.C6H8O7/c1-10-7-4-2-6(9-8)3-5-7;7-3(8)1-6(13,5(11)12)2-4(9)10/h2-5,9H,8H2,1H3;13H,1-2H2,(H,7,8)(H,9,10)(H,11,12). The molecule has 0 saturated carbocycles. The number of rotatable bonds is 7. The molecule has 0 fully saturated rings. The molecule has 0 aliphatic rings. The van der Waals surface area contributed by atoms with E-state index in [1.54, 1.807) is 7.11 Å². The Balaban J connectivity index is 0.000000433. The molecule has 128 valence electrons. The molecular weight excluding hydrogens is 312 g/mol. The van der Waals surface area contributed by atoms with Crippen LogP contribution in [0, 0.1) is 0 Å². The van der Waals surface area contributed by atoms with E-state index in [4.69, 9.17) is 31.0 Å². The van der Waals surface area contributed by atoms with Crippen LogP contribution in [0.5, 0.6) is 5.75 Å². The van der Waals surface area contributed by atoms with Crippen molar-refractivity contribution in [2.24, 2.45) is 5.84 Å². The van der Waals surface area contributed by atoms with Crippen LogP contribution in [-0.4, -0.2) is 51.0 Å². The lowest BCUT2D eigenvalue weighted by molar-refractivity contribution is -0.170. The summed E-state index contributed by atoms with van der Waals surface area (Å²) in [4.78, 5) is 30.5. The Labute approximate surface area is 131 Å². The molecule has 0 amide bonds. The molecule has 10 heteroatoms. The first-order chi connectivity index (χ1) is 10.6. The summed E-state index contributed by atoms with van der Waals surface area (Å²) in [5.74, 6) is 0.964. The number of aliphatic carboxylic acids is 3. The maximum Gasteiger partial charge on any atom is 0.336 e. The van der Waals surface area contributed by atoms with E-state index in [0.29, 0.717) is 0 Å². The van der Waals surface area contributed by atoms with Crippen LogP contribution in [0.1, 0.15) is 12.8 Å². The second-order valence-corrected chi connectivity index (χ2v) is 4.35. The molecule has 0 bridgehead atoms. The van der Waals surface area contributed by atoms with Gasteiger partial charge in [0.1, 0.15) is 5.75 Å². The van der Waals surface area contributed by atoms with Gasteiger partial charge >= 0.3 is 17.9 Å². The molecule has 1 aromatic rings. The molecule has 0 aromatic heterocycles. The minimum Gasteiger partial charge on any atom is -0.497 e. The quantitative estimate of drug-likeness (QED) is 0.288. The summed E-state index contributed by atoms with van der Waals surface area (Å²) in [6.07, 6.45) is -2.29. The molecule has 0 unspecified atom stereocenters. The molecule has 0 saturated heterocycles. The van der Waals surface area contributed by atoms with Crippen molar-refractivity contribution >= 4 is 23.6 Å². The Morgan fingerprint density at radius 3 is 1.78 bits per heavy atom. The first kappa shape index (κ1) is 20.1. The maximum absolute atomic E-state index is 10.3. The van der Waals surface area contributed by atoms with Gasteiger partial charge in [-0.15, -0.1) is 0 Å². The lowest BCUT2D eigenvalue weighted by Crippen LogP contribution is -2.42.